The van der Waals surface area contributed by atoms with Gasteiger partial charge in [-0.15, -0.1) is 11.3 Å². The minimum absolute atomic E-state index is 0.0368. The fourth-order valence-electron chi connectivity index (χ4n) is 5.31. The van der Waals surface area contributed by atoms with Crippen molar-refractivity contribution in [3.63, 3.8) is 0 Å². The summed E-state index contributed by atoms with van der Waals surface area (Å²) in [6.07, 6.45) is 10.9. The first-order valence-electron chi connectivity index (χ1n) is 12.4. The number of amides is 3. The number of nitrogens with zero attached hydrogens (tertiary/aromatic N) is 4. The molecule has 38 heavy (non-hydrogen) atoms. The van der Waals surface area contributed by atoms with Crippen LogP contribution in [0.15, 0.2) is 67.8 Å². The van der Waals surface area contributed by atoms with E-state index in [0.717, 1.165) is 30.2 Å². The molecule has 0 bridgehead atoms. The monoisotopic (exact) mass is 524 g/mol. The van der Waals surface area contributed by atoms with Crippen LogP contribution in [0.5, 0.6) is 0 Å². The zero-order valence-corrected chi connectivity index (χ0v) is 21.2. The van der Waals surface area contributed by atoms with Crippen molar-refractivity contribution in [3.8, 4) is 11.3 Å². The Hall–Kier alpha value is -4.44. The number of hydrogen-bond acceptors (Lipinski definition) is 7. The number of thiophene rings is 1. The SMILES string of the molecule is C=CC(=O)N[C@H]1CCC[C@H]1CC(=O)c1sc2nccc3c2c1NC(=O)N3c1ccnc(-c2cccnc2)c1. The average molecular weight is 525 g/mol. The van der Waals surface area contributed by atoms with Gasteiger partial charge in [-0.2, -0.15) is 0 Å². The van der Waals surface area contributed by atoms with Crippen molar-refractivity contribution in [1.82, 2.24) is 20.3 Å². The van der Waals surface area contributed by atoms with Gasteiger partial charge in [-0.3, -0.25) is 24.5 Å². The van der Waals surface area contributed by atoms with Crippen LogP contribution in [-0.4, -0.2) is 38.7 Å². The Morgan fingerprint density at radius 3 is 2.87 bits per heavy atom. The summed E-state index contributed by atoms with van der Waals surface area (Å²) in [4.78, 5) is 54.7. The number of anilines is 3. The van der Waals surface area contributed by atoms with Crippen molar-refractivity contribution < 1.29 is 14.4 Å². The lowest BCUT2D eigenvalue weighted by Gasteiger charge is -2.28. The van der Waals surface area contributed by atoms with Crippen molar-refractivity contribution in [2.75, 3.05) is 10.2 Å². The number of rotatable bonds is 7. The number of urea groups is 1. The molecule has 1 aliphatic carbocycles. The number of pyridine rings is 3. The second-order valence-corrected chi connectivity index (χ2v) is 10.4. The van der Waals surface area contributed by atoms with Crippen LogP contribution in [0.1, 0.15) is 35.4 Å². The van der Waals surface area contributed by atoms with Gasteiger partial charge >= 0.3 is 6.03 Å². The lowest BCUT2D eigenvalue weighted by molar-refractivity contribution is -0.117. The number of aromatic nitrogens is 3. The van der Waals surface area contributed by atoms with E-state index < -0.39 is 0 Å². The Labute approximate surface area is 222 Å². The molecule has 0 aromatic carbocycles. The van der Waals surface area contributed by atoms with E-state index >= 15 is 0 Å². The van der Waals surface area contributed by atoms with Gasteiger partial charge in [0.05, 0.1) is 33.0 Å². The van der Waals surface area contributed by atoms with Gasteiger partial charge in [-0.25, -0.2) is 9.78 Å². The summed E-state index contributed by atoms with van der Waals surface area (Å²) in [6.45, 7) is 3.52. The summed E-state index contributed by atoms with van der Waals surface area (Å²) < 4.78 is 0. The highest BCUT2D eigenvalue weighted by Gasteiger charge is 2.35. The van der Waals surface area contributed by atoms with Crippen LogP contribution in [0.3, 0.4) is 0 Å². The van der Waals surface area contributed by atoms with Crippen molar-refractivity contribution >= 4 is 56.3 Å². The van der Waals surface area contributed by atoms with Gasteiger partial charge in [0.1, 0.15) is 4.83 Å². The van der Waals surface area contributed by atoms with Gasteiger partial charge in [-0.05, 0) is 55.2 Å². The van der Waals surface area contributed by atoms with Gasteiger partial charge in [0.25, 0.3) is 0 Å². The molecule has 9 nitrogen and oxygen atoms in total. The minimum Gasteiger partial charge on any atom is -0.350 e. The predicted molar refractivity (Wildman–Crippen MR) is 147 cm³/mol. The summed E-state index contributed by atoms with van der Waals surface area (Å²) in [5.74, 6) is -0.250. The molecule has 2 aliphatic rings. The summed E-state index contributed by atoms with van der Waals surface area (Å²) in [5, 5.41) is 6.65. The molecule has 5 heterocycles. The molecule has 10 heteroatoms. The number of carbonyl (C=O) groups excluding carboxylic acids is 3. The van der Waals surface area contributed by atoms with E-state index in [1.807, 2.05) is 18.2 Å². The van der Waals surface area contributed by atoms with Crippen LogP contribution in [0.4, 0.5) is 21.9 Å². The van der Waals surface area contributed by atoms with Crippen LogP contribution in [0.25, 0.3) is 21.5 Å². The van der Waals surface area contributed by atoms with Gasteiger partial charge in [0.2, 0.25) is 5.91 Å². The molecular weight excluding hydrogens is 500 g/mol. The third-order valence-electron chi connectivity index (χ3n) is 7.08. The second-order valence-electron chi connectivity index (χ2n) is 9.36. The molecule has 1 saturated carbocycles. The molecule has 4 aromatic rings. The van der Waals surface area contributed by atoms with E-state index in [4.69, 9.17) is 0 Å². The Kier molecular flexibility index (Phi) is 6.16. The molecule has 4 aromatic heterocycles. The quantitative estimate of drug-likeness (QED) is 0.244. The topological polar surface area (TPSA) is 117 Å². The molecule has 3 amide bonds. The molecule has 190 valence electrons. The van der Waals surface area contributed by atoms with Gasteiger partial charge in [0, 0.05) is 42.8 Å². The summed E-state index contributed by atoms with van der Waals surface area (Å²) in [5.41, 5.74) is 3.33. The zero-order valence-electron chi connectivity index (χ0n) is 20.4. The highest BCUT2D eigenvalue weighted by atomic mass is 32.1. The Morgan fingerprint density at radius 2 is 2.05 bits per heavy atom. The molecule has 6 rings (SSSR count). The van der Waals surface area contributed by atoms with Crippen molar-refractivity contribution in [2.24, 2.45) is 5.92 Å². The molecule has 2 atom stereocenters. The second kappa shape index (κ2) is 9.79. The van der Waals surface area contributed by atoms with E-state index in [9.17, 15) is 14.4 Å². The van der Waals surface area contributed by atoms with Crippen LogP contribution in [0.2, 0.25) is 0 Å². The summed E-state index contributed by atoms with van der Waals surface area (Å²) in [6, 6.07) is 8.71. The average Bonchev–Trinajstić information content (AvgIpc) is 3.54. The predicted octanol–water partition coefficient (Wildman–Crippen LogP) is 5.48. The van der Waals surface area contributed by atoms with Crippen molar-refractivity contribution in [1.29, 1.82) is 0 Å². The van der Waals surface area contributed by atoms with Gasteiger partial charge in [0.15, 0.2) is 5.78 Å². The number of nitrogens with one attached hydrogen (secondary N) is 2. The molecule has 0 spiro atoms. The highest BCUT2D eigenvalue weighted by molar-refractivity contribution is 7.21. The van der Waals surface area contributed by atoms with Gasteiger partial charge < -0.3 is 10.6 Å². The van der Waals surface area contributed by atoms with E-state index in [2.05, 4.69) is 32.2 Å². The fraction of sp³-hybridized carbons (Fsp3) is 0.214. The number of hydrogen-bond donors (Lipinski definition) is 2. The minimum atomic E-state index is -0.363. The molecular formula is C28H24N6O3S. The first-order valence-corrected chi connectivity index (χ1v) is 13.2. The zero-order chi connectivity index (χ0) is 26.2. The maximum atomic E-state index is 13.5. The Balaban J connectivity index is 1.34. The third kappa shape index (κ3) is 4.22. The van der Waals surface area contributed by atoms with Crippen molar-refractivity contribution in [2.45, 2.75) is 31.7 Å². The first-order chi connectivity index (χ1) is 18.5. The molecule has 1 aliphatic heterocycles. The maximum Gasteiger partial charge on any atom is 0.331 e. The smallest absolute Gasteiger partial charge is 0.331 e. The number of carbonyl (C=O) groups is 3. The number of Topliss-reactive ketones (excluding diaryl/α,β-unsaturated/α-hetero) is 1. The van der Waals surface area contributed by atoms with E-state index in [1.54, 1.807) is 41.8 Å². The van der Waals surface area contributed by atoms with Crippen LogP contribution >= 0.6 is 11.3 Å². The van der Waals surface area contributed by atoms with E-state index in [1.165, 1.54) is 17.4 Å². The van der Waals surface area contributed by atoms with E-state index in [-0.39, 0.29) is 36.1 Å². The largest absolute Gasteiger partial charge is 0.350 e. The normalized spacial score (nSPS) is 18.3. The lowest BCUT2D eigenvalue weighted by Crippen LogP contribution is -2.37. The summed E-state index contributed by atoms with van der Waals surface area (Å²) >= 11 is 1.29. The van der Waals surface area contributed by atoms with Crippen LogP contribution in [0, 0.1) is 5.92 Å². The number of ketones is 1. The van der Waals surface area contributed by atoms with Crippen LogP contribution < -0.4 is 15.5 Å². The summed E-state index contributed by atoms with van der Waals surface area (Å²) in [7, 11) is 0. The van der Waals surface area contributed by atoms with E-state index in [0.29, 0.717) is 32.5 Å². The molecule has 0 radical (unpaired) electrons. The first kappa shape index (κ1) is 23.9. The standard InChI is InChI=1S/C28H24N6O3S/c1-2-23(36)32-19-7-3-5-16(19)13-22(35)26-25-24-21(9-12-31-27(24)38-26)34(28(37)33-25)18-8-11-30-20(14-18)17-6-4-10-29-15-17/h2,4,6,8-12,14-16,19H,1,3,5,7,13H2,(H,32,36)(H,33,37)/t16-,19-/m0/s1. The fourth-order valence-corrected chi connectivity index (χ4v) is 6.38. The Morgan fingerprint density at radius 1 is 1.18 bits per heavy atom. The maximum absolute atomic E-state index is 13.5. The third-order valence-corrected chi connectivity index (χ3v) is 8.22. The Bertz CT molecular complexity index is 1580. The molecule has 2 N–H and O–H groups in total. The molecule has 0 unspecified atom stereocenters. The molecule has 1 fully saturated rings. The lowest BCUT2D eigenvalue weighted by atomic mass is 9.95. The van der Waals surface area contributed by atoms with Crippen LogP contribution in [-0.2, 0) is 4.79 Å². The van der Waals surface area contributed by atoms with Crippen molar-refractivity contribution in [3.05, 3.63) is 72.7 Å². The molecule has 0 saturated heterocycles. The van der Waals surface area contributed by atoms with Gasteiger partial charge in [-0.1, -0.05) is 13.0 Å². The highest BCUT2D eigenvalue weighted by Crippen LogP contribution is 2.46.